The zero-order chi connectivity index (χ0) is 18.2. The molecule has 2 aliphatic rings. The molecule has 0 bridgehead atoms. The highest BCUT2D eigenvalue weighted by Crippen LogP contribution is 2.32. The molecule has 1 aromatic heterocycles. The Labute approximate surface area is 141 Å². The maximum Gasteiger partial charge on any atom is 0.433 e. The molecule has 3 heterocycles. The predicted octanol–water partition coefficient (Wildman–Crippen LogP) is 3.18. The summed E-state index contributed by atoms with van der Waals surface area (Å²) in [6.07, 6.45) is -3.43. The third-order valence-electron chi connectivity index (χ3n) is 4.75. The molecule has 3 rings (SSSR count). The SMILES string of the molecule is O=C(C1CCN(c2ccc(C(F)(F)F)nc2)C1)N1CCC(F)(F)CC1. The van der Waals surface area contributed by atoms with Gasteiger partial charge in [0, 0.05) is 39.0 Å². The summed E-state index contributed by atoms with van der Waals surface area (Å²) < 4.78 is 64.0. The van der Waals surface area contributed by atoms with Crippen molar-refractivity contribution in [3.63, 3.8) is 0 Å². The molecule has 25 heavy (non-hydrogen) atoms. The van der Waals surface area contributed by atoms with E-state index in [0.29, 0.717) is 25.2 Å². The first-order chi connectivity index (χ1) is 11.7. The van der Waals surface area contributed by atoms with Crippen LogP contribution in [0.15, 0.2) is 18.3 Å². The van der Waals surface area contributed by atoms with Crippen molar-refractivity contribution in [2.75, 3.05) is 31.1 Å². The lowest BCUT2D eigenvalue weighted by atomic mass is 10.0. The number of likely N-dealkylation sites (tertiary alicyclic amines) is 1. The lowest BCUT2D eigenvalue weighted by Crippen LogP contribution is -2.45. The van der Waals surface area contributed by atoms with E-state index < -0.39 is 17.8 Å². The molecule has 2 fully saturated rings. The van der Waals surface area contributed by atoms with E-state index in [4.69, 9.17) is 0 Å². The van der Waals surface area contributed by atoms with E-state index in [-0.39, 0.29) is 37.8 Å². The number of rotatable bonds is 2. The molecule has 2 saturated heterocycles. The van der Waals surface area contributed by atoms with Crippen LogP contribution in [0, 0.1) is 5.92 Å². The Hall–Kier alpha value is -1.93. The van der Waals surface area contributed by atoms with Crippen LogP contribution in [0.1, 0.15) is 25.0 Å². The third-order valence-corrected chi connectivity index (χ3v) is 4.75. The van der Waals surface area contributed by atoms with Crippen LogP contribution in [-0.2, 0) is 11.0 Å². The highest BCUT2D eigenvalue weighted by molar-refractivity contribution is 5.80. The number of amides is 1. The summed E-state index contributed by atoms with van der Waals surface area (Å²) in [5.41, 5.74) is -0.439. The summed E-state index contributed by atoms with van der Waals surface area (Å²) in [5, 5.41) is 0. The average molecular weight is 363 g/mol. The summed E-state index contributed by atoms with van der Waals surface area (Å²) in [5.74, 6) is -3.18. The Morgan fingerprint density at radius 3 is 2.40 bits per heavy atom. The molecule has 0 spiro atoms. The molecule has 9 heteroatoms. The molecular weight excluding hydrogens is 345 g/mol. The zero-order valence-corrected chi connectivity index (χ0v) is 13.4. The fourth-order valence-electron chi connectivity index (χ4n) is 3.25. The fourth-order valence-corrected chi connectivity index (χ4v) is 3.25. The van der Waals surface area contributed by atoms with Crippen LogP contribution in [0.2, 0.25) is 0 Å². The first-order valence-corrected chi connectivity index (χ1v) is 8.10. The van der Waals surface area contributed by atoms with Crippen LogP contribution >= 0.6 is 0 Å². The first-order valence-electron chi connectivity index (χ1n) is 8.10. The molecule has 4 nitrogen and oxygen atoms in total. The summed E-state index contributed by atoms with van der Waals surface area (Å²) in [4.78, 5) is 19.2. The predicted molar refractivity (Wildman–Crippen MR) is 80.3 cm³/mol. The van der Waals surface area contributed by atoms with E-state index in [0.717, 1.165) is 12.3 Å². The molecule has 0 aliphatic carbocycles. The first kappa shape index (κ1) is 17.9. The van der Waals surface area contributed by atoms with Crippen molar-refractivity contribution in [1.82, 2.24) is 9.88 Å². The normalized spacial score (nSPS) is 23.8. The van der Waals surface area contributed by atoms with E-state index in [1.165, 1.54) is 11.0 Å². The van der Waals surface area contributed by atoms with E-state index in [1.807, 2.05) is 0 Å². The Balaban J connectivity index is 1.59. The van der Waals surface area contributed by atoms with Crippen molar-refractivity contribution >= 4 is 11.6 Å². The Kier molecular flexibility index (Phi) is 4.59. The minimum Gasteiger partial charge on any atom is -0.369 e. The Morgan fingerprint density at radius 1 is 1.16 bits per heavy atom. The summed E-state index contributed by atoms with van der Waals surface area (Å²) >= 11 is 0. The van der Waals surface area contributed by atoms with Gasteiger partial charge in [-0.05, 0) is 18.6 Å². The van der Waals surface area contributed by atoms with Crippen molar-refractivity contribution in [2.24, 2.45) is 5.92 Å². The molecule has 1 amide bonds. The number of alkyl halides is 5. The number of anilines is 1. The largest absolute Gasteiger partial charge is 0.433 e. The van der Waals surface area contributed by atoms with Gasteiger partial charge in [0.05, 0.1) is 17.8 Å². The molecule has 1 atom stereocenters. The number of piperidine rings is 1. The fraction of sp³-hybridized carbons (Fsp3) is 0.625. The van der Waals surface area contributed by atoms with Crippen molar-refractivity contribution in [1.29, 1.82) is 0 Å². The van der Waals surface area contributed by atoms with Gasteiger partial charge in [0.1, 0.15) is 5.69 Å². The highest BCUT2D eigenvalue weighted by Gasteiger charge is 2.39. The van der Waals surface area contributed by atoms with Gasteiger partial charge < -0.3 is 9.80 Å². The van der Waals surface area contributed by atoms with Gasteiger partial charge in [-0.1, -0.05) is 0 Å². The van der Waals surface area contributed by atoms with Crippen molar-refractivity contribution in [3.05, 3.63) is 24.0 Å². The van der Waals surface area contributed by atoms with E-state index >= 15 is 0 Å². The minimum absolute atomic E-state index is 0.0458. The lowest BCUT2D eigenvalue weighted by molar-refractivity contribution is -0.141. The number of carbonyl (C=O) groups excluding carboxylic acids is 1. The Morgan fingerprint density at radius 2 is 1.84 bits per heavy atom. The molecule has 2 aliphatic heterocycles. The smallest absolute Gasteiger partial charge is 0.369 e. The second-order valence-corrected chi connectivity index (χ2v) is 6.51. The third kappa shape index (κ3) is 4.01. The van der Waals surface area contributed by atoms with Gasteiger partial charge >= 0.3 is 6.18 Å². The van der Waals surface area contributed by atoms with Gasteiger partial charge in [0.2, 0.25) is 5.91 Å². The van der Waals surface area contributed by atoms with Gasteiger partial charge in [-0.2, -0.15) is 13.2 Å². The second-order valence-electron chi connectivity index (χ2n) is 6.51. The van der Waals surface area contributed by atoms with Gasteiger partial charge in [0.15, 0.2) is 0 Å². The van der Waals surface area contributed by atoms with E-state index in [9.17, 15) is 26.7 Å². The van der Waals surface area contributed by atoms with E-state index in [2.05, 4.69) is 4.98 Å². The molecule has 0 N–H and O–H groups in total. The van der Waals surface area contributed by atoms with Gasteiger partial charge in [-0.25, -0.2) is 13.8 Å². The van der Waals surface area contributed by atoms with Gasteiger partial charge in [-0.15, -0.1) is 0 Å². The number of hydrogen-bond acceptors (Lipinski definition) is 3. The van der Waals surface area contributed by atoms with Crippen molar-refractivity contribution in [2.45, 2.75) is 31.4 Å². The van der Waals surface area contributed by atoms with Crippen LogP contribution in [0.5, 0.6) is 0 Å². The van der Waals surface area contributed by atoms with Crippen molar-refractivity contribution in [3.8, 4) is 0 Å². The zero-order valence-electron chi connectivity index (χ0n) is 13.4. The molecule has 138 valence electrons. The summed E-state index contributed by atoms with van der Waals surface area (Å²) in [7, 11) is 0. The van der Waals surface area contributed by atoms with Crippen molar-refractivity contribution < 1.29 is 26.7 Å². The molecule has 0 aromatic carbocycles. The standard InChI is InChI=1S/C16H18F5N3O/c17-15(18)4-7-23(8-5-15)14(25)11-3-6-24(10-11)12-1-2-13(22-9-12)16(19,20)21/h1-2,9,11H,3-8,10H2. The minimum atomic E-state index is -4.49. The number of hydrogen-bond donors (Lipinski definition) is 0. The Bertz CT molecular complexity index is 622. The lowest BCUT2D eigenvalue weighted by Gasteiger charge is -2.33. The quantitative estimate of drug-likeness (QED) is 0.758. The number of nitrogens with zero attached hydrogens (tertiary/aromatic N) is 3. The van der Waals surface area contributed by atoms with Gasteiger partial charge in [0.25, 0.3) is 5.92 Å². The molecular formula is C16H18F5N3O. The summed E-state index contributed by atoms with van der Waals surface area (Å²) in [6.45, 7) is 0.973. The van der Waals surface area contributed by atoms with Crippen LogP contribution < -0.4 is 4.90 Å². The number of aromatic nitrogens is 1. The molecule has 0 saturated carbocycles. The van der Waals surface area contributed by atoms with Gasteiger partial charge in [-0.3, -0.25) is 4.79 Å². The molecule has 1 unspecified atom stereocenters. The number of pyridine rings is 1. The summed E-state index contributed by atoms with van der Waals surface area (Å²) in [6, 6.07) is 2.25. The molecule has 0 radical (unpaired) electrons. The van der Waals surface area contributed by atoms with E-state index in [1.54, 1.807) is 4.90 Å². The van der Waals surface area contributed by atoms with Crippen LogP contribution in [-0.4, -0.2) is 47.9 Å². The average Bonchev–Trinajstić information content (AvgIpc) is 3.03. The molecule has 1 aromatic rings. The maximum absolute atomic E-state index is 13.2. The monoisotopic (exact) mass is 363 g/mol. The van der Waals surface area contributed by atoms with Crippen LogP contribution in [0.25, 0.3) is 0 Å². The number of carbonyl (C=O) groups is 1. The second kappa shape index (κ2) is 6.42. The topological polar surface area (TPSA) is 36.4 Å². The van der Waals surface area contributed by atoms with Crippen LogP contribution in [0.3, 0.4) is 0 Å². The maximum atomic E-state index is 13.2. The van der Waals surface area contributed by atoms with Crippen LogP contribution in [0.4, 0.5) is 27.6 Å². The number of halogens is 5. The highest BCUT2D eigenvalue weighted by atomic mass is 19.4.